The number of hydrogen-bond acceptors (Lipinski definition) is 12. The van der Waals surface area contributed by atoms with Gasteiger partial charge in [-0.1, -0.05) is 76.2 Å². The third kappa shape index (κ3) is 17.1. The highest BCUT2D eigenvalue weighted by Crippen LogP contribution is 2.28. The molecule has 2 aromatic heterocycles. The van der Waals surface area contributed by atoms with Crippen molar-refractivity contribution in [3.63, 3.8) is 0 Å². The summed E-state index contributed by atoms with van der Waals surface area (Å²) in [5.74, 6) is -0.709. The smallest absolute Gasteiger partial charge is 0.274 e. The van der Waals surface area contributed by atoms with E-state index in [0.717, 1.165) is 82.5 Å². The Morgan fingerprint density at radius 2 is 1.40 bits per heavy atom. The lowest BCUT2D eigenvalue weighted by Crippen LogP contribution is -2.53. The van der Waals surface area contributed by atoms with Crippen molar-refractivity contribution < 1.29 is 33.2 Å². The van der Waals surface area contributed by atoms with Crippen LogP contribution in [0.1, 0.15) is 104 Å². The van der Waals surface area contributed by atoms with Gasteiger partial charge in [0.1, 0.15) is 5.82 Å². The van der Waals surface area contributed by atoms with Gasteiger partial charge >= 0.3 is 0 Å². The molecule has 4 aliphatic heterocycles. The number of carbonyl (C=O) groups is 6. The number of piperidine rings is 2. The minimum absolute atomic E-state index is 0.0242. The number of pyridine rings is 1. The lowest BCUT2D eigenvalue weighted by molar-refractivity contribution is -0.134. The number of piperazine rings is 2. The molecule has 4 fully saturated rings. The molecule has 4 N–H and O–H groups in total. The van der Waals surface area contributed by atoms with Crippen molar-refractivity contribution in [2.75, 3.05) is 117 Å². The minimum Gasteiger partial charge on any atom is -0.356 e. The van der Waals surface area contributed by atoms with E-state index >= 15 is 4.39 Å². The van der Waals surface area contributed by atoms with E-state index in [-0.39, 0.29) is 58.8 Å². The Bertz CT molecular complexity index is 3060. The normalized spacial score (nSPS) is 17.1. The minimum atomic E-state index is -0.613. The Hall–Kier alpha value is -7.42. The molecule has 4 saturated heterocycles. The monoisotopic (exact) mass is 1130 g/mol. The highest BCUT2D eigenvalue weighted by atomic mass is 19.1. The summed E-state index contributed by atoms with van der Waals surface area (Å²) in [7, 11) is 1.81. The first kappa shape index (κ1) is 62.2. The number of nitrogens with zero attached hydrogens (tertiary/aromatic N) is 8. The van der Waals surface area contributed by atoms with E-state index in [4.69, 9.17) is 0 Å². The first-order valence-corrected chi connectivity index (χ1v) is 29.3. The molecular weight excluding hydrogens is 1040 g/mol. The van der Waals surface area contributed by atoms with Crippen LogP contribution < -0.4 is 21.5 Å². The number of anilines is 1. The van der Waals surface area contributed by atoms with Crippen LogP contribution in [0.4, 0.5) is 10.1 Å². The summed E-state index contributed by atoms with van der Waals surface area (Å²) in [5.41, 5.74) is 4.50. The fraction of sp³-hybridized carbons (Fsp3) is 0.500. The molecule has 82 heavy (non-hydrogen) atoms. The average Bonchev–Trinajstić information content (AvgIpc) is 3.54. The maximum absolute atomic E-state index is 15.1. The van der Waals surface area contributed by atoms with Crippen molar-refractivity contribution in [2.45, 2.75) is 79.6 Å². The molecule has 0 radical (unpaired) electrons. The molecule has 0 saturated carbocycles. The predicted octanol–water partition coefficient (Wildman–Crippen LogP) is 5.69. The molecule has 1 atom stereocenters. The number of aryl methyl sites for hydroxylation is 1. The van der Waals surface area contributed by atoms with E-state index in [1.807, 2.05) is 63.1 Å². The maximum Gasteiger partial charge on any atom is 0.274 e. The van der Waals surface area contributed by atoms with Crippen LogP contribution in [0.3, 0.4) is 0 Å². The number of halogens is 1. The van der Waals surface area contributed by atoms with Gasteiger partial charge in [0, 0.05) is 116 Å². The second kappa shape index (κ2) is 30.6. The Morgan fingerprint density at radius 1 is 0.720 bits per heavy atom. The second-order valence-electron chi connectivity index (χ2n) is 21.5. The Balaban J connectivity index is 0.00000100. The predicted molar refractivity (Wildman–Crippen MR) is 317 cm³/mol. The van der Waals surface area contributed by atoms with Crippen LogP contribution >= 0.6 is 0 Å². The van der Waals surface area contributed by atoms with E-state index < -0.39 is 11.7 Å². The molecule has 1 unspecified atom stereocenters. The highest BCUT2D eigenvalue weighted by molar-refractivity contribution is 6.03. The van der Waals surface area contributed by atoms with E-state index in [1.54, 1.807) is 45.2 Å². The van der Waals surface area contributed by atoms with E-state index in [0.29, 0.717) is 105 Å². The molecule has 5 aromatic rings. The zero-order valence-corrected chi connectivity index (χ0v) is 48.7. The number of H-pyrrole nitrogens is 1. The molecule has 4 aliphatic rings. The first-order chi connectivity index (χ1) is 39.7. The molecule has 9 rings (SSSR count). The second-order valence-corrected chi connectivity index (χ2v) is 21.5. The third-order valence-electron chi connectivity index (χ3n) is 15.7. The van der Waals surface area contributed by atoms with E-state index in [2.05, 4.69) is 60.0 Å². The van der Waals surface area contributed by atoms with Crippen LogP contribution in [0.2, 0.25) is 0 Å². The van der Waals surface area contributed by atoms with Crippen LogP contribution in [-0.4, -0.2) is 192 Å². The largest absolute Gasteiger partial charge is 0.356 e. The number of rotatable bonds is 17. The Labute approximate surface area is 481 Å². The third-order valence-corrected chi connectivity index (χ3v) is 15.7. The molecule has 19 nitrogen and oxygen atoms in total. The van der Waals surface area contributed by atoms with Gasteiger partial charge in [-0.25, -0.2) is 14.5 Å². The summed E-state index contributed by atoms with van der Waals surface area (Å²) in [6, 6.07) is 21.6. The first-order valence-electron chi connectivity index (χ1n) is 29.3. The molecule has 0 aliphatic carbocycles. The summed E-state index contributed by atoms with van der Waals surface area (Å²) in [6.07, 6.45) is 7.15. The van der Waals surface area contributed by atoms with Crippen molar-refractivity contribution in [1.29, 1.82) is 0 Å². The molecule has 6 amide bonds. The summed E-state index contributed by atoms with van der Waals surface area (Å²) < 4.78 is 15.1. The van der Waals surface area contributed by atoms with Crippen molar-refractivity contribution in [3.05, 3.63) is 123 Å². The summed E-state index contributed by atoms with van der Waals surface area (Å²) >= 11 is 0. The number of carbonyl (C=O) groups excluding carboxylic acids is 6. The van der Waals surface area contributed by atoms with E-state index in [1.165, 1.54) is 18.6 Å². The number of hydrogen-bond donors (Lipinski definition) is 4. The van der Waals surface area contributed by atoms with Gasteiger partial charge in [-0.15, -0.1) is 0 Å². The van der Waals surface area contributed by atoms with Crippen molar-refractivity contribution in [3.8, 4) is 11.1 Å². The van der Waals surface area contributed by atoms with Gasteiger partial charge < -0.3 is 35.6 Å². The van der Waals surface area contributed by atoms with Crippen LogP contribution in [0.5, 0.6) is 0 Å². The van der Waals surface area contributed by atoms with Crippen molar-refractivity contribution >= 4 is 51.9 Å². The van der Waals surface area contributed by atoms with Crippen LogP contribution in [-0.2, 0) is 32.0 Å². The van der Waals surface area contributed by atoms with Gasteiger partial charge in [0.05, 0.1) is 35.4 Å². The number of nitrogens with one attached hydrogen (secondary N) is 4. The number of aromatic nitrogens is 3. The molecule has 440 valence electrons. The molecule has 0 bridgehead atoms. The van der Waals surface area contributed by atoms with Crippen LogP contribution in [0.25, 0.3) is 21.9 Å². The molecular formula is C62H83FN12O7. The van der Waals surface area contributed by atoms with Crippen molar-refractivity contribution in [2.24, 2.45) is 11.8 Å². The van der Waals surface area contributed by atoms with Crippen LogP contribution in [0, 0.1) is 17.7 Å². The summed E-state index contributed by atoms with van der Waals surface area (Å²) in [4.78, 5) is 105. The van der Waals surface area contributed by atoms with Crippen LogP contribution in [0.15, 0.2) is 83.8 Å². The molecule has 3 aromatic carbocycles. The lowest BCUT2D eigenvalue weighted by Gasteiger charge is -2.39. The Morgan fingerprint density at radius 3 is 2.09 bits per heavy atom. The Kier molecular flexibility index (Phi) is 23.2. The fourth-order valence-electron chi connectivity index (χ4n) is 10.9. The molecule has 6 heterocycles. The number of aromatic amines is 1. The standard InChI is InChI=1S/C55H66FN11O6.C5H11NO.C2H6/c1-3-37-7-6-8-41(27-37)42-31-48(59-49(68)34-57-32-40-13-16-62(2)50(69)30-40)52(58-33-42)55(73)67-21-19-64(20-22-67)35-38-14-17-63(18-15-38)36-51(70)65-23-25-66(26-24-65)54(72)45-28-39(11-12-46(45)56)29-47-43-9-4-5-10-44(43)53(71)61-60-47;1-3-4-6-5(2)7;1-2/h4-12,27-28,31,33,38,40,57H,3,13-26,29-30,32,34-36H2,1-2H3,(H,59,68)(H,61,71);3-4H2,1-2H3,(H,6,7);1-2H3. The maximum atomic E-state index is 15.1. The number of fused-ring (bicyclic) bond motifs is 1. The average molecular weight is 1130 g/mol. The van der Waals surface area contributed by atoms with E-state index in [9.17, 15) is 33.6 Å². The van der Waals surface area contributed by atoms with Gasteiger partial charge in [0.2, 0.25) is 23.6 Å². The van der Waals surface area contributed by atoms with Crippen molar-refractivity contribution in [1.82, 2.24) is 55.2 Å². The number of benzene rings is 3. The van der Waals surface area contributed by atoms with Gasteiger partial charge in [-0.05, 0) is 105 Å². The number of likely N-dealkylation sites (tertiary alicyclic amines) is 2. The quantitative estimate of drug-likeness (QED) is 0.0884. The van der Waals surface area contributed by atoms with Gasteiger partial charge in [-0.2, -0.15) is 5.10 Å². The molecule has 20 heteroatoms. The molecule has 0 spiro atoms. The SMILES string of the molecule is CC.CCCNC(C)=O.CCc1cccc(-c2cnc(C(=O)N3CCN(CC4CCN(CC(=O)N5CCN(C(=O)c6cc(Cc7n[nH]c(=O)c8ccccc78)ccc6F)CC5)CC4)CC3)c(NC(=O)CNCC3CCN(C)C(=O)C3)c2)c1. The summed E-state index contributed by atoms with van der Waals surface area (Å²) in [6.45, 7) is 18.4. The van der Waals surface area contributed by atoms with Gasteiger partial charge in [0.25, 0.3) is 17.4 Å². The lowest BCUT2D eigenvalue weighted by atomic mass is 9.96. The van der Waals surface area contributed by atoms with Gasteiger partial charge in [-0.3, -0.25) is 43.4 Å². The summed E-state index contributed by atoms with van der Waals surface area (Å²) in [5, 5.41) is 16.8. The number of amides is 6. The van der Waals surface area contributed by atoms with Gasteiger partial charge in [0.15, 0.2) is 5.69 Å². The topological polar surface area (TPSA) is 217 Å². The zero-order chi connectivity index (χ0) is 58.7. The highest BCUT2D eigenvalue weighted by Gasteiger charge is 2.32. The zero-order valence-electron chi connectivity index (χ0n) is 48.7. The fourth-order valence-corrected chi connectivity index (χ4v) is 10.9.